The summed E-state index contributed by atoms with van der Waals surface area (Å²) in [4.78, 5) is 35.0. The van der Waals surface area contributed by atoms with Gasteiger partial charge in [0, 0.05) is 42.8 Å². The Labute approximate surface area is 235 Å². The Bertz CT molecular complexity index is 1660. The Hall–Kier alpha value is -3.57. The first-order chi connectivity index (χ1) is 19.4. The van der Waals surface area contributed by atoms with Crippen LogP contribution in [0.5, 0.6) is 0 Å². The zero-order valence-electron chi connectivity index (χ0n) is 23.0. The third kappa shape index (κ3) is 5.27. The third-order valence-electron chi connectivity index (χ3n) is 8.06. The van der Waals surface area contributed by atoms with Crippen LogP contribution in [0.25, 0.3) is 16.6 Å². The van der Waals surface area contributed by atoms with Crippen LogP contribution in [0.4, 0.5) is 5.69 Å². The van der Waals surface area contributed by atoms with E-state index in [1.807, 2.05) is 44.2 Å². The smallest absolute Gasteiger partial charge is 0.281 e. The van der Waals surface area contributed by atoms with E-state index in [1.165, 1.54) is 12.8 Å². The van der Waals surface area contributed by atoms with E-state index in [9.17, 15) is 13.8 Å². The number of rotatable bonds is 6. The Morgan fingerprint density at radius 3 is 2.67 bits per heavy atom. The summed E-state index contributed by atoms with van der Waals surface area (Å²) in [6.45, 7) is 7.61. The lowest BCUT2D eigenvalue weighted by molar-refractivity contribution is -0.122. The van der Waals surface area contributed by atoms with Crippen molar-refractivity contribution in [1.82, 2.24) is 30.0 Å². The molecule has 40 heavy (non-hydrogen) atoms. The van der Waals surface area contributed by atoms with Crippen molar-refractivity contribution in [3.05, 3.63) is 57.9 Å². The number of nitrogens with one attached hydrogen (secondary N) is 2. The maximum atomic E-state index is 13.5. The molecule has 1 atom stereocenters. The molecule has 1 amide bonds. The number of hydrogen-bond acceptors (Lipinski definition) is 7. The molecule has 2 N–H and O–H groups in total. The summed E-state index contributed by atoms with van der Waals surface area (Å²) in [5.74, 6) is 0.119. The number of benzene rings is 2. The van der Waals surface area contributed by atoms with Gasteiger partial charge in [0.25, 0.3) is 5.56 Å². The van der Waals surface area contributed by atoms with Gasteiger partial charge in [-0.15, -0.1) is 5.10 Å². The van der Waals surface area contributed by atoms with Gasteiger partial charge >= 0.3 is 0 Å². The second kappa shape index (κ2) is 11.1. The van der Waals surface area contributed by atoms with Crippen LogP contribution in [0.1, 0.15) is 43.2 Å². The van der Waals surface area contributed by atoms with Crippen molar-refractivity contribution in [1.29, 1.82) is 0 Å². The van der Waals surface area contributed by atoms with Crippen LogP contribution in [-0.2, 0) is 15.6 Å². The van der Waals surface area contributed by atoms with Gasteiger partial charge in [-0.25, -0.2) is 13.9 Å². The van der Waals surface area contributed by atoms with Crippen LogP contribution in [-0.4, -0.2) is 73.6 Å². The highest BCUT2D eigenvalue weighted by molar-refractivity contribution is 7.85. The monoisotopic (exact) mass is 561 g/mol. The lowest BCUT2D eigenvalue weighted by Gasteiger charge is -2.24. The number of nitrogens with zero attached hydrogens (tertiary/aromatic N) is 5. The SMILES string of the molecule is Cc1ccc(S(=O)c2n[nH]n3c2nc(=O)c2ccc(N4CCCN(CC(=O)NC5CCCC5)CC4)cc23)c(C)c1. The number of fused-ring (bicyclic) bond motifs is 3. The minimum atomic E-state index is -1.60. The number of hydrogen-bond donors (Lipinski definition) is 2. The summed E-state index contributed by atoms with van der Waals surface area (Å²) in [6.07, 6.45) is 5.52. The summed E-state index contributed by atoms with van der Waals surface area (Å²) >= 11 is 0. The lowest BCUT2D eigenvalue weighted by atomic mass is 10.2. The predicted molar refractivity (Wildman–Crippen MR) is 155 cm³/mol. The van der Waals surface area contributed by atoms with Crippen LogP contribution < -0.4 is 15.8 Å². The summed E-state index contributed by atoms with van der Waals surface area (Å²) in [5.41, 5.74) is 3.50. The van der Waals surface area contributed by atoms with Crippen LogP contribution in [0.3, 0.4) is 0 Å². The molecule has 1 aliphatic carbocycles. The Morgan fingerprint density at radius 1 is 1.05 bits per heavy atom. The summed E-state index contributed by atoms with van der Waals surface area (Å²) in [7, 11) is -1.60. The van der Waals surface area contributed by atoms with Gasteiger partial charge in [-0.2, -0.15) is 4.98 Å². The highest BCUT2D eigenvalue weighted by atomic mass is 32.2. The van der Waals surface area contributed by atoms with Crippen LogP contribution in [0.2, 0.25) is 0 Å². The fourth-order valence-corrected chi connectivity index (χ4v) is 7.14. The van der Waals surface area contributed by atoms with E-state index >= 15 is 0 Å². The average Bonchev–Trinajstić information content (AvgIpc) is 3.53. The fourth-order valence-electron chi connectivity index (χ4n) is 5.96. The molecule has 2 aliphatic rings. The Kier molecular flexibility index (Phi) is 7.41. The van der Waals surface area contributed by atoms with Crippen molar-refractivity contribution in [2.75, 3.05) is 37.6 Å². The van der Waals surface area contributed by atoms with Crippen molar-refractivity contribution in [2.45, 2.75) is 61.9 Å². The van der Waals surface area contributed by atoms with Crippen molar-refractivity contribution < 1.29 is 9.00 Å². The molecule has 10 nitrogen and oxygen atoms in total. The van der Waals surface area contributed by atoms with Gasteiger partial charge in [-0.3, -0.25) is 14.5 Å². The zero-order chi connectivity index (χ0) is 27.8. The molecule has 3 heterocycles. The Balaban J connectivity index is 1.24. The highest BCUT2D eigenvalue weighted by Crippen LogP contribution is 2.26. The second-order valence-corrected chi connectivity index (χ2v) is 12.4. The zero-order valence-corrected chi connectivity index (χ0v) is 23.8. The molecular weight excluding hydrogens is 526 g/mol. The van der Waals surface area contributed by atoms with Gasteiger partial charge in [0.1, 0.15) is 10.8 Å². The van der Waals surface area contributed by atoms with E-state index in [-0.39, 0.29) is 22.1 Å². The highest BCUT2D eigenvalue weighted by Gasteiger charge is 2.23. The van der Waals surface area contributed by atoms with Gasteiger partial charge in [-0.05, 0) is 62.9 Å². The number of anilines is 1. The summed E-state index contributed by atoms with van der Waals surface area (Å²) < 4.78 is 15.1. The topological polar surface area (TPSA) is 116 Å². The molecule has 4 aromatic rings. The normalized spacial score (nSPS) is 17.9. The molecule has 1 unspecified atom stereocenters. The van der Waals surface area contributed by atoms with Gasteiger partial charge in [0.05, 0.1) is 17.4 Å². The number of aromatic amines is 1. The standard InChI is InChI=1S/C29H35N7O3S/c1-19-8-11-25(20(2)16-19)40(39)29-27-31-28(38)23-10-9-22(17-24(23)36(27)33-32-29)35-13-5-12-34(14-15-35)18-26(37)30-21-6-3-4-7-21/h8-11,16-17,21,33H,3-7,12-15,18H2,1-2H3,(H,30,37). The van der Waals surface area contributed by atoms with Gasteiger partial charge in [-0.1, -0.05) is 30.5 Å². The molecule has 2 aromatic carbocycles. The molecule has 0 radical (unpaired) electrons. The van der Waals surface area contributed by atoms with Crippen molar-refractivity contribution in [3.63, 3.8) is 0 Å². The number of carbonyl (C=O) groups excluding carboxylic acids is 1. The fraction of sp³-hybridized carbons (Fsp3) is 0.448. The van der Waals surface area contributed by atoms with E-state index in [0.717, 1.165) is 62.3 Å². The van der Waals surface area contributed by atoms with Crippen LogP contribution in [0, 0.1) is 13.8 Å². The quantitative estimate of drug-likeness (QED) is 0.372. The van der Waals surface area contributed by atoms with Crippen LogP contribution in [0.15, 0.2) is 51.1 Å². The molecule has 210 valence electrons. The molecule has 0 spiro atoms. The average molecular weight is 562 g/mol. The third-order valence-corrected chi connectivity index (χ3v) is 9.54. The molecule has 1 saturated heterocycles. The van der Waals surface area contributed by atoms with E-state index in [2.05, 4.69) is 30.4 Å². The van der Waals surface area contributed by atoms with Crippen molar-refractivity contribution in [3.8, 4) is 0 Å². The van der Waals surface area contributed by atoms with E-state index < -0.39 is 10.8 Å². The molecule has 2 fully saturated rings. The lowest BCUT2D eigenvalue weighted by Crippen LogP contribution is -2.42. The van der Waals surface area contributed by atoms with E-state index in [4.69, 9.17) is 0 Å². The number of carbonyl (C=O) groups is 1. The predicted octanol–water partition coefficient (Wildman–Crippen LogP) is 2.93. The minimum Gasteiger partial charge on any atom is -0.370 e. The van der Waals surface area contributed by atoms with Crippen molar-refractivity contribution >= 4 is 38.9 Å². The first-order valence-corrected chi connectivity index (χ1v) is 15.2. The first kappa shape index (κ1) is 26.6. The number of amides is 1. The van der Waals surface area contributed by atoms with Gasteiger partial charge < -0.3 is 10.2 Å². The molecule has 2 aromatic heterocycles. The number of aryl methyl sites for hydroxylation is 2. The first-order valence-electron chi connectivity index (χ1n) is 14.0. The number of aromatic nitrogens is 4. The molecular formula is C29H35N7O3S. The summed E-state index contributed by atoms with van der Waals surface area (Å²) in [5, 5.41) is 11.2. The van der Waals surface area contributed by atoms with Gasteiger partial charge in [0.15, 0.2) is 10.7 Å². The maximum absolute atomic E-state index is 13.5. The summed E-state index contributed by atoms with van der Waals surface area (Å²) in [6, 6.07) is 11.8. The minimum absolute atomic E-state index is 0.119. The van der Waals surface area contributed by atoms with E-state index in [1.54, 1.807) is 10.6 Å². The van der Waals surface area contributed by atoms with Gasteiger partial charge in [0.2, 0.25) is 5.91 Å². The molecule has 1 saturated carbocycles. The largest absolute Gasteiger partial charge is 0.370 e. The van der Waals surface area contributed by atoms with E-state index in [0.29, 0.717) is 28.4 Å². The Morgan fingerprint density at radius 2 is 1.88 bits per heavy atom. The number of H-pyrrole nitrogens is 1. The van der Waals surface area contributed by atoms with Crippen LogP contribution >= 0.6 is 0 Å². The molecule has 0 bridgehead atoms. The maximum Gasteiger partial charge on any atom is 0.281 e. The molecule has 6 rings (SSSR count). The molecule has 1 aliphatic heterocycles. The second-order valence-electron chi connectivity index (χ2n) is 11.0. The van der Waals surface area contributed by atoms with Crippen molar-refractivity contribution in [2.24, 2.45) is 0 Å². The molecule has 11 heteroatoms.